The smallest absolute Gasteiger partial charge is 0.227 e. The lowest BCUT2D eigenvalue weighted by Gasteiger charge is -2.35. The summed E-state index contributed by atoms with van der Waals surface area (Å²) in [5.41, 5.74) is 3.39. The van der Waals surface area contributed by atoms with Gasteiger partial charge < -0.3 is 9.64 Å². The van der Waals surface area contributed by atoms with Crippen LogP contribution in [0.2, 0.25) is 0 Å². The van der Waals surface area contributed by atoms with Crippen LogP contribution in [0.5, 0.6) is 5.75 Å². The summed E-state index contributed by atoms with van der Waals surface area (Å²) in [6, 6.07) is 5.14. The van der Waals surface area contributed by atoms with Crippen LogP contribution in [0.25, 0.3) is 0 Å². The van der Waals surface area contributed by atoms with Gasteiger partial charge in [0.15, 0.2) is 0 Å². The molecule has 1 aromatic carbocycles. The second-order valence-electron chi connectivity index (χ2n) is 7.03. The van der Waals surface area contributed by atoms with E-state index >= 15 is 0 Å². The van der Waals surface area contributed by atoms with Crippen LogP contribution in [0.3, 0.4) is 0 Å². The second kappa shape index (κ2) is 7.32. The molecule has 0 saturated carbocycles. The first-order valence-corrected chi connectivity index (χ1v) is 9.80. The van der Waals surface area contributed by atoms with Crippen LogP contribution in [0.4, 0.5) is 4.39 Å². The van der Waals surface area contributed by atoms with E-state index in [0.29, 0.717) is 30.9 Å². The van der Waals surface area contributed by atoms with Crippen LogP contribution < -0.4 is 4.74 Å². The summed E-state index contributed by atoms with van der Waals surface area (Å²) < 4.78 is 19.4. The Morgan fingerprint density at radius 3 is 2.92 bits per heavy atom. The molecule has 2 atom stereocenters. The van der Waals surface area contributed by atoms with Gasteiger partial charge in [0.1, 0.15) is 11.6 Å². The number of carbonyl (C=O) groups is 1. The maximum atomic E-state index is 14.3. The maximum Gasteiger partial charge on any atom is 0.227 e. The molecule has 0 unspecified atom stereocenters. The number of amides is 1. The molecule has 4 heterocycles. The largest absolute Gasteiger partial charge is 0.497 e. The van der Waals surface area contributed by atoms with Gasteiger partial charge in [-0.1, -0.05) is 6.07 Å². The summed E-state index contributed by atoms with van der Waals surface area (Å²) in [6.45, 7) is 2.56. The Kier molecular flexibility index (Phi) is 4.91. The Balaban J connectivity index is 1.50. The number of carbonyl (C=O) groups excluding carboxylic acids is 1. The second-order valence-corrected chi connectivity index (χ2v) is 7.74. The fourth-order valence-electron chi connectivity index (χ4n) is 3.98. The van der Waals surface area contributed by atoms with Crippen LogP contribution in [0, 0.1) is 11.7 Å². The van der Waals surface area contributed by atoms with Gasteiger partial charge in [0.2, 0.25) is 5.91 Å². The molecule has 5 rings (SSSR count). The van der Waals surface area contributed by atoms with Crippen LogP contribution in [-0.2, 0) is 17.9 Å². The summed E-state index contributed by atoms with van der Waals surface area (Å²) in [5.74, 6) is 0.471. The van der Waals surface area contributed by atoms with Crippen molar-refractivity contribution >= 4 is 17.2 Å². The molecule has 0 aliphatic carbocycles. The number of methoxy groups -OCH3 is 1. The van der Waals surface area contributed by atoms with Gasteiger partial charge in [-0.25, -0.2) is 9.37 Å². The number of benzene rings is 1. The van der Waals surface area contributed by atoms with E-state index in [-0.39, 0.29) is 23.7 Å². The number of ether oxygens (including phenoxy) is 1. The fourth-order valence-corrected chi connectivity index (χ4v) is 4.53. The molecule has 26 heavy (non-hydrogen) atoms. The number of aromatic nitrogens is 1. The third kappa shape index (κ3) is 3.46. The van der Waals surface area contributed by atoms with Gasteiger partial charge in [-0.05, 0) is 18.9 Å². The van der Waals surface area contributed by atoms with E-state index < -0.39 is 0 Å². The van der Waals surface area contributed by atoms with Crippen molar-refractivity contribution in [2.45, 2.75) is 32.0 Å². The van der Waals surface area contributed by atoms with Gasteiger partial charge in [0.05, 0.1) is 30.8 Å². The normalized spacial score (nSPS) is 23.3. The first kappa shape index (κ1) is 17.4. The van der Waals surface area contributed by atoms with E-state index in [4.69, 9.17) is 4.74 Å². The molecule has 1 amide bonds. The van der Waals surface area contributed by atoms with Gasteiger partial charge in [0.25, 0.3) is 0 Å². The number of thiazole rings is 1. The summed E-state index contributed by atoms with van der Waals surface area (Å²) in [5, 5.41) is 2.00. The van der Waals surface area contributed by atoms with E-state index in [9.17, 15) is 9.18 Å². The Labute approximate surface area is 156 Å². The summed E-state index contributed by atoms with van der Waals surface area (Å²) in [6.07, 6.45) is 1.92. The molecule has 3 aliphatic rings. The minimum Gasteiger partial charge on any atom is -0.497 e. The van der Waals surface area contributed by atoms with Crippen LogP contribution >= 0.6 is 11.3 Å². The monoisotopic (exact) mass is 375 g/mol. The Hall–Kier alpha value is -1.99. The van der Waals surface area contributed by atoms with Crippen molar-refractivity contribution in [3.8, 4) is 5.75 Å². The molecular weight excluding hydrogens is 353 g/mol. The molecule has 0 N–H and O–H groups in total. The van der Waals surface area contributed by atoms with Crippen molar-refractivity contribution in [2.24, 2.45) is 5.92 Å². The molecule has 3 fully saturated rings. The van der Waals surface area contributed by atoms with Crippen LogP contribution in [-0.4, -0.2) is 46.9 Å². The summed E-state index contributed by atoms with van der Waals surface area (Å²) in [4.78, 5) is 21.4. The first-order chi connectivity index (χ1) is 12.6. The molecule has 1 aromatic heterocycles. The summed E-state index contributed by atoms with van der Waals surface area (Å²) >= 11 is 1.55. The number of rotatable bonds is 5. The molecule has 2 bridgehead atoms. The molecule has 0 radical (unpaired) electrons. The van der Waals surface area contributed by atoms with Crippen LogP contribution in [0.15, 0.2) is 29.1 Å². The molecule has 5 nitrogen and oxygen atoms in total. The third-order valence-electron chi connectivity index (χ3n) is 5.34. The zero-order valence-electron chi connectivity index (χ0n) is 14.7. The topological polar surface area (TPSA) is 45.7 Å². The third-order valence-corrected chi connectivity index (χ3v) is 5.97. The number of halogens is 1. The Bertz CT molecular complexity index is 783. The van der Waals surface area contributed by atoms with Crippen molar-refractivity contribution in [3.05, 3.63) is 46.2 Å². The van der Waals surface area contributed by atoms with Crippen molar-refractivity contribution in [3.63, 3.8) is 0 Å². The zero-order chi connectivity index (χ0) is 18.1. The average Bonchev–Trinajstić information content (AvgIpc) is 3.02. The SMILES string of the molecule is COc1ccc(CN2C[C@H]3CC[C@@H](C2)N(Cc2cscn2)C3=O)c(F)c1. The van der Waals surface area contributed by atoms with Crippen molar-refractivity contribution in [1.29, 1.82) is 0 Å². The van der Waals surface area contributed by atoms with E-state index in [1.807, 2.05) is 10.3 Å². The Morgan fingerprint density at radius 2 is 2.19 bits per heavy atom. The lowest BCUT2D eigenvalue weighted by atomic mass is 9.94. The van der Waals surface area contributed by atoms with Gasteiger partial charge in [0, 0.05) is 42.7 Å². The number of hydrogen-bond acceptors (Lipinski definition) is 5. The minimum atomic E-state index is -0.258. The quantitative estimate of drug-likeness (QED) is 0.806. The fraction of sp³-hybridized carbons (Fsp3) is 0.474. The van der Waals surface area contributed by atoms with Gasteiger partial charge in [-0.15, -0.1) is 11.3 Å². The van der Waals surface area contributed by atoms with Crippen LogP contribution in [0.1, 0.15) is 24.1 Å². The minimum absolute atomic E-state index is 0.00584. The highest BCUT2D eigenvalue weighted by atomic mass is 32.1. The number of hydrogen-bond donors (Lipinski definition) is 0. The standard InChI is InChI=1S/C19H22FN3O2S/c1-25-17-5-3-13(18(20)6-17)7-22-8-14-2-4-16(10-22)23(19(14)24)9-15-11-26-12-21-15/h3,5-6,11-12,14,16H,2,4,7-10H2,1H3/t14-,16+/m1/s1. The molecule has 2 aromatic rings. The Morgan fingerprint density at radius 1 is 1.31 bits per heavy atom. The van der Waals surface area contributed by atoms with E-state index in [1.54, 1.807) is 29.0 Å². The van der Waals surface area contributed by atoms with Gasteiger partial charge in [-0.2, -0.15) is 0 Å². The van der Waals surface area contributed by atoms with Crippen molar-refractivity contribution < 1.29 is 13.9 Å². The first-order valence-electron chi connectivity index (χ1n) is 8.86. The highest BCUT2D eigenvalue weighted by molar-refractivity contribution is 7.07. The predicted octanol–water partition coefficient (Wildman–Crippen LogP) is 2.91. The maximum absolute atomic E-state index is 14.3. The summed E-state index contributed by atoms with van der Waals surface area (Å²) in [7, 11) is 1.53. The molecule has 3 aliphatic heterocycles. The van der Waals surface area contributed by atoms with E-state index in [2.05, 4.69) is 9.88 Å². The molecule has 0 spiro atoms. The number of piperidine rings is 1. The van der Waals surface area contributed by atoms with Gasteiger partial charge >= 0.3 is 0 Å². The molecular formula is C19H22FN3O2S. The lowest BCUT2D eigenvalue weighted by molar-refractivity contribution is -0.140. The highest BCUT2D eigenvalue weighted by Gasteiger charge is 2.40. The number of nitrogens with zero attached hydrogens (tertiary/aromatic N) is 3. The number of fused-ring (bicyclic) bond motifs is 4. The lowest BCUT2D eigenvalue weighted by Crippen LogP contribution is -2.47. The van der Waals surface area contributed by atoms with Gasteiger partial charge in [-0.3, -0.25) is 9.69 Å². The van der Waals surface area contributed by atoms with E-state index in [1.165, 1.54) is 13.2 Å². The average molecular weight is 375 g/mol. The molecule has 138 valence electrons. The molecule has 7 heteroatoms. The van der Waals surface area contributed by atoms with Crippen molar-refractivity contribution in [1.82, 2.24) is 14.8 Å². The van der Waals surface area contributed by atoms with E-state index in [0.717, 1.165) is 25.1 Å². The predicted molar refractivity (Wildman–Crippen MR) is 97.4 cm³/mol. The molecule has 3 saturated heterocycles. The zero-order valence-corrected chi connectivity index (χ0v) is 15.5. The van der Waals surface area contributed by atoms with Crippen molar-refractivity contribution in [2.75, 3.05) is 20.2 Å². The highest BCUT2D eigenvalue weighted by Crippen LogP contribution is 2.31.